The van der Waals surface area contributed by atoms with Crippen molar-refractivity contribution in [2.45, 2.75) is 38.3 Å². The normalized spacial score (nSPS) is 16.9. The van der Waals surface area contributed by atoms with Crippen LogP contribution in [0.15, 0.2) is 18.2 Å². The molecule has 4 heteroatoms. The average Bonchev–Trinajstić information content (AvgIpc) is 3.22. The van der Waals surface area contributed by atoms with Gasteiger partial charge in [-0.15, -0.1) is 0 Å². The predicted octanol–water partition coefficient (Wildman–Crippen LogP) is 3.10. The number of halogens is 2. The maximum atomic E-state index is 13.8. The Balaban J connectivity index is 2.03. The second-order valence-electron chi connectivity index (χ2n) is 5.25. The van der Waals surface area contributed by atoms with Gasteiger partial charge in [0.2, 0.25) is 0 Å². The van der Waals surface area contributed by atoms with E-state index in [4.69, 9.17) is 0 Å². The maximum absolute atomic E-state index is 13.8. The van der Waals surface area contributed by atoms with Gasteiger partial charge in [0.15, 0.2) is 11.6 Å². The van der Waals surface area contributed by atoms with Crippen LogP contribution in [0.3, 0.4) is 0 Å². The molecule has 1 aromatic rings. The van der Waals surface area contributed by atoms with Crippen LogP contribution in [0, 0.1) is 11.6 Å². The molecule has 0 saturated heterocycles. The highest BCUT2D eigenvalue weighted by Crippen LogP contribution is 2.27. The summed E-state index contributed by atoms with van der Waals surface area (Å²) in [5, 5.41) is 3.25. The number of hydrogen-bond donors (Lipinski definition) is 1. The van der Waals surface area contributed by atoms with Crippen molar-refractivity contribution in [3.8, 4) is 0 Å². The SMILES string of the molecule is CCNC(CCN(C)C1CC1)c1cccc(F)c1F. The zero-order valence-corrected chi connectivity index (χ0v) is 11.6. The number of nitrogens with one attached hydrogen (secondary N) is 1. The average molecular weight is 268 g/mol. The van der Waals surface area contributed by atoms with Crippen LogP contribution in [-0.2, 0) is 0 Å². The monoisotopic (exact) mass is 268 g/mol. The van der Waals surface area contributed by atoms with Crippen LogP contribution in [0.2, 0.25) is 0 Å². The summed E-state index contributed by atoms with van der Waals surface area (Å²) in [5.74, 6) is -1.49. The summed E-state index contributed by atoms with van der Waals surface area (Å²) >= 11 is 0. The van der Waals surface area contributed by atoms with Crippen molar-refractivity contribution in [1.82, 2.24) is 10.2 Å². The van der Waals surface area contributed by atoms with E-state index in [2.05, 4.69) is 17.3 Å². The van der Waals surface area contributed by atoms with Gasteiger partial charge in [0.25, 0.3) is 0 Å². The molecule has 1 fully saturated rings. The number of benzene rings is 1. The lowest BCUT2D eigenvalue weighted by atomic mass is 10.0. The van der Waals surface area contributed by atoms with E-state index < -0.39 is 11.6 Å². The molecule has 2 rings (SSSR count). The zero-order chi connectivity index (χ0) is 13.8. The Labute approximate surface area is 113 Å². The van der Waals surface area contributed by atoms with Crippen LogP contribution in [0.5, 0.6) is 0 Å². The van der Waals surface area contributed by atoms with Crippen molar-refractivity contribution in [2.75, 3.05) is 20.1 Å². The zero-order valence-electron chi connectivity index (χ0n) is 11.6. The molecule has 19 heavy (non-hydrogen) atoms. The molecule has 1 unspecified atom stereocenters. The molecule has 2 nitrogen and oxygen atoms in total. The van der Waals surface area contributed by atoms with Gasteiger partial charge < -0.3 is 10.2 Å². The fraction of sp³-hybridized carbons (Fsp3) is 0.600. The van der Waals surface area contributed by atoms with Crippen molar-refractivity contribution < 1.29 is 8.78 Å². The van der Waals surface area contributed by atoms with Crippen LogP contribution in [0.4, 0.5) is 8.78 Å². The van der Waals surface area contributed by atoms with Gasteiger partial charge in [-0.2, -0.15) is 0 Å². The number of rotatable bonds is 7. The summed E-state index contributed by atoms with van der Waals surface area (Å²) < 4.78 is 27.1. The smallest absolute Gasteiger partial charge is 0.163 e. The molecule has 1 aliphatic carbocycles. The van der Waals surface area contributed by atoms with Crippen molar-refractivity contribution in [2.24, 2.45) is 0 Å². The number of nitrogens with zero attached hydrogens (tertiary/aromatic N) is 1. The molecule has 0 amide bonds. The van der Waals surface area contributed by atoms with Crippen LogP contribution in [0.25, 0.3) is 0 Å². The van der Waals surface area contributed by atoms with Gasteiger partial charge in [0.1, 0.15) is 0 Å². The second kappa shape index (κ2) is 6.44. The summed E-state index contributed by atoms with van der Waals surface area (Å²) in [5.41, 5.74) is 0.436. The maximum Gasteiger partial charge on any atom is 0.163 e. The van der Waals surface area contributed by atoms with Gasteiger partial charge in [-0.25, -0.2) is 8.78 Å². The number of hydrogen-bond acceptors (Lipinski definition) is 2. The summed E-state index contributed by atoms with van der Waals surface area (Å²) in [6.45, 7) is 3.63. The molecule has 0 aliphatic heterocycles. The highest BCUT2D eigenvalue weighted by atomic mass is 19.2. The first-order valence-electron chi connectivity index (χ1n) is 7.01. The minimum absolute atomic E-state index is 0.123. The Morgan fingerprint density at radius 2 is 2.11 bits per heavy atom. The molecule has 1 aliphatic rings. The van der Waals surface area contributed by atoms with Gasteiger partial charge in [0, 0.05) is 17.6 Å². The molecule has 1 aromatic carbocycles. The standard InChI is InChI=1S/C15H22F2N2/c1-3-18-14(9-10-19(2)11-7-8-11)12-5-4-6-13(16)15(12)17/h4-6,11,14,18H,3,7-10H2,1-2H3. The molecule has 0 aromatic heterocycles. The molecule has 0 bridgehead atoms. The summed E-state index contributed by atoms with van der Waals surface area (Å²) in [6, 6.07) is 4.98. The molecule has 0 spiro atoms. The van der Waals surface area contributed by atoms with Gasteiger partial charge in [-0.3, -0.25) is 0 Å². The molecule has 1 N–H and O–H groups in total. The van der Waals surface area contributed by atoms with Crippen LogP contribution < -0.4 is 5.32 Å². The van der Waals surface area contributed by atoms with Gasteiger partial charge >= 0.3 is 0 Å². The molecule has 106 valence electrons. The summed E-state index contributed by atoms with van der Waals surface area (Å²) in [7, 11) is 2.10. The first-order valence-corrected chi connectivity index (χ1v) is 7.01. The quantitative estimate of drug-likeness (QED) is 0.817. The molecule has 0 heterocycles. The third-order valence-corrected chi connectivity index (χ3v) is 3.75. The minimum Gasteiger partial charge on any atom is -0.310 e. The molecule has 1 atom stereocenters. The summed E-state index contributed by atoms with van der Waals surface area (Å²) in [6.07, 6.45) is 3.31. The Bertz CT molecular complexity index is 419. The third kappa shape index (κ3) is 3.74. The Kier molecular flexibility index (Phi) is 4.88. The lowest BCUT2D eigenvalue weighted by molar-refractivity contribution is 0.297. The van der Waals surface area contributed by atoms with Gasteiger partial charge in [-0.05, 0) is 45.5 Å². The van der Waals surface area contributed by atoms with Gasteiger partial charge in [0.05, 0.1) is 0 Å². The van der Waals surface area contributed by atoms with E-state index in [1.54, 1.807) is 12.1 Å². The third-order valence-electron chi connectivity index (χ3n) is 3.75. The van der Waals surface area contributed by atoms with Crippen molar-refractivity contribution in [3.05, 3.63) is 35.4 Å². The van der Waals surface area contributed by atoms with E-state index in [1.165, 1.54) is 12.8 Å². The largest absolute Gasteiger partial charge is 0.310 e. The molecular weight excluding hydrogens is 246 g/mol. The van der Waals surface area contributed by atoms with Crippen LogP contribution >= 0.6 is 0 Å². The van der Waals surface area contributed by atoms with Crippen molar-refractivity contribution in [3.63, 3.8) is 0 Å². The van der Waals surface area contributed by atoms with Crippen molar-refractivity contribution in [1.29, 1.82) is 0 Å². The molecule has 1 saturated carbocycles. The highest BCUT2D eigenvalue weighted by Gasteiger charge is 2.26. The summed E-state index contributed by atoms with van der Waals surface area (Å²) in [4.78, 5) is 2.31. The van der Waals surface area contributed by atoms with Gasteiger partial charge in [-0.1, -0.05) is 19.1 Å². The van der Waals surface area contributed by atoms with E-state index in [0.717, 1.165) is 25.6 Å². The highest BCUT2D eigenvalue weighted by molar-refractivity contribution is 5.22. The van der Waals surface area contributed by atoms with E-state index in [9.17, 15) is 8.78 Å². The topological polar surface area (TPSA) is 15.3 Å². The van der Waals surface area contributed by atoms with Crippen LogP contribution in [-0.4, -0.2) is 31.1 Å². The van der Waals surface area contributed by atoms with Crippen molar-refractivity contribution >= 4 is 0 Å². The molecule has 0 radical (unpaired) electrons. The van der Waals surface area contributed by atoms with E-state index in [-0.39, 0.29) is 6.04 Å². The first kappa shape index (κ1) is 14.4. The Morgan fingerprint density at radius 3 is 2.74 bits per heavy atom. The van der Waals surface area contributed by atoms with E-state index in [1.807, 2.05) is 6.92 Å². The second-order valence-corrected chi connectivity index (χ2v) is 5.25. The first-order chi connectivity index (χ1) is 9.13. The fourth-order valence-electron chi connectivity index (χ4n) is 2.43. The molecular formula is C15H22F2N2. The minimum atomic E-state index is -0.768. The Morgan fingerprint density at radius 1 is 1.37 bits per heavy atom. The lowest BCUT2D eigenvalue weighted by Crippen LogP contribution is -2.29. The lowest BCUT2D eigenvalue weighted by Gasteiger charge is -2.23. The predicted molar refractivity (Wildman–Crippen MR) is 73.0 cm³/mol. The van der Waals surface area contributed by atoms with Crippen LogP contribution in [0.1, 0.15) is 37.8 Å². The fourth-order valence-corrected chi connectivity index (χ4v) is 2.43. The van der Waals surface area contributed by atoms with E-state index >= 15 is 0 Å². The Hall–Kier alpha value is -1.00. The van der Waals surface area contributed by atoms with E-state index in [0.29, 0.717) is 11.6 Å².